The van der Waals surface area contributed by atoms with Crippen LogP contribution >= 0.6 is 0 Å². The number of hydrogen-bond acceptors (Lipinski definition) is 4. The van der Waals surface area contributed by atoms with Gasteiger partial charge in [-0.2, -0.15) is 21.0 Å². The van der Waals surface area contributed by atoms with Gasteiger partial charge in [-0.15, -0.1) is 0 Å². The summed E-state index contributed by atoms with van der Waals surface area (Å²) in [6, 6.07) is 4.55. The molecule has 3 unspecified atom stereocenters. The van der Waals surface area contributed by atoms with Gasteiger partial charge in [-0.05, 0) is 0 Å². The van der Waals surface area contributed by atoms with Gasteiger partial charge in [0.25, 0.3) is 0 Å². The normalized spacial score (nSPS) is 25.3. The van der Waals surface area contributed by atoms with Crippen LogP contribution in [0.2, 0.25) is 0 Å². The van der Waals surface area contributed by atoms with E-state index in [1.165, 1.54) is 12.1 Å². The predicted octanol–water partition coefficient (Wildman–Crippen LogP) is 3.91. The lowest BCUT2D eigenvalue weighted by molar-refractivity contribution is 0.207. The average molecular weight is 366 g/mol. The van der Waals surface area contributed by atoms with Crippen LogP contribution in [0, 0.1) is 57.2 Å². The molecule has 0 N–H and O–H groups in total. The molecule has 3 atom stereocenters. The zero-order valence-electron chi connectivity index (χ0n) is 12.4. The molecule has 0 radical (unpaired) electrons. The number of rotatable bonds is 1. The summed E-state index contributed by atoms with van der Waals surface area (Å²) in [5.41, 5.74) is -5.85. The van der Waals surface area contributed by atoms with Gasteiger partial charge in [-0.1, -0.05) is 0 Å². The highest BCUT2D eigenvalue weighted by atomic mass is 19.2. The van der Waals surface area contributed by atoms with Gasteiger partial charge >= 0.3 is 0 Å². The van der Waals surface area contributed by atoms with Crippen LogP contribution in [0.4, 0.5) is 26.3 Å². The summed E-state index contributed by atoms with van der Waals surface area (Å²) in [5.74, 6) is -12.7. The summed E-state index contributed by atoms with van der Waals surface area (Å²) in [7, 11) is 0. The molecule has 2 aliphatic carbocycles. The zero-order chi connectivity index (χ0) is 19.8. The third-order valence-electron chi connectivity index (χ3n) is 3.87. The molecule has 0 amide bonds. The lowest BCUT2D eigenvalue weighted by atomic mass is 9.76. The van der Waals surface area contributed by atoms with E-state index in [1.807, 2.05) is 0 Å². The van der Waals surface area contributed by atoms with Gasteiger partial charge < -0.3 is 0 Å². The molecule has 0 heterocycles. The van der Waals surface area contributed by atoms with Crippen LogP contribution in [0.15, 0.2) is 45.6 Å². The highest BCUT2D eigenvalue weighted by Crippen LogP contribution is 2.51. The quantitative estimate of drug-likeness (QED) is 0.519. The number of nitriles is 4. The second-order valence-corrected chi connectivity index (χ2v) is 5.14. The molecule has 0 fully saturated rings. The number of fused-ring (bicyclic) bond motifs is 1. The van der Waals surface area contributed by atoms with E-state index in [4.69, 9.17) is 21.0 Å². The summed E-state index contributed by atoms with van der Waals surface area (Å²) >= 11 is 0. The van der Waals surface area contributed by atoms with Crippen LogP contribution < -0.4 is 0 Å². The monoisotopic (exact) mass is 366 g/mol. The van der Waals surface area contributed by atoms with Gasteiger partial charge in [0.1, 0.15) is 41.1 Å². The topological polar surface area (TPSA) is 95.2 Å². The third-order valence-corrected chi connectivity index (χ3v) is 3.87. The minimum atomic E-state index is -3.09. The SMILES string of the molecule is N#CC(C#N)=C1C(F)=C2C(F)=C(F)C(C(C#N)C#N)C(F)=C2C(F)C1F. The van der Waals surface area contributed by atoms with Crippen LogP contribution in [0.3, 0.4) is 0 Å². The summed E-state index contributed by atoms with van der Waals surface area (Å²) < 4.78 is 85.9. The third kappa shape index (κ3) is 2.44. The van der Waals surface area contributed by atoms with Crippen molar-refractivity contribution >= 4 is 0 Å². The molecule has 0 saturated heterocycles. The van der Waals surface area contributed by atoms with E-state index in [1.54, 1.807) is 0 Å². The molecule has 0 aliphatic heterocycles. The molecule has 0 saturated carbocycles. The molecule has 130 valence electrons. The molecule has 10 heteroatoms. The highest BCUT2D eigenvalue weighted by molar-refractivity contribution is 5.65. The van der Waals surface area contributed by atoms with E-state index < -0.39 is 69.8 Å². The van der Waals surface area contributed by atoms with Crippen molar-refractivity contribution in [2.45, 2.75) is 12.3 Å². The highest BCUT2D eigenvalue weighted by Gasteiger charge is 2.50. The van der Waals surface area contributed by atoms with Gasteiger partial charge in [0.15, 0.2) is 18.2 Å². The number of hydrogen-bond donors (Lipinski definition) is 0. The molecular weight excluding hydrogens is 362 g/mol. The van der Waals surface area contributed by atoms with Crippen molar-refractivity contribution in [2.24, 2.45) is 11.8 Å². The van der Waals surface area contributed by atoms with Crippen LogP contribution in [0.25, 0.3) is 0 Å². The fraction of sp³-hybridized carbons (Fsp3) is 0.250. The van der Waals surface area contributed by atoms with Crippen LogP contribution in [0.1, 0.15) is 0 Å². The minimum Gasteiger partial charge on any atom is -0.239 e. The van der Waals surface area contributed by atoms with E-state index in [0.29, 0.717) is 0 Å². The summed E-state index contributed by atoms with van der Waals surface area (Å²) in [4.78, 5) is 0. The smallest absolute Gasteiger partial charge is 0.166 e. The molecule has 0 spiro atoms. The van der Waals surface area contributed by atoms with Crippen molar-refractivity contribution in [3.05, 3.63) is 45.6 Å². The molecule has 0 bridgehead atoms. The summed E-state index contributed by atoms with van der Waals surface area (Å²) in [5, 5.41) is 34.9. The fourth-order valence-corrected chi connectivity index (χ4v) is 2.67. The maximum absolute atomic E-state index is 14.5. The Kier molecular flexibility index (Phi) is 4.91. The molecule has 0 aromatic rings. The first-order chi connectivity index (χ1) is 12.3. The zero-order valence-corrected chi connectivity index (χ0v) is 12.4. The lowest BCUT2D eigenvalue weighted by Crippen LogP contribution is -2.34. The number of nitrogens with zero attached hydrogens (tertiary/aromatic N) is 4. The molecule has 26 heavy (non-hydrogen) atoms. The second-order valence-electron chi connectivity index (χ2n) is 5.14. The standard InChI is InChI=1S/C16H4F6N4/c17-11-7(5(1-23)2-24)13(19)15(21)10-9(11)16(22)14(20)8(12(10)18)6(3-25)4-26/h5,7,14,16H. The molecule has 4 nitrogen and oxygen atoms in total. The Balaban J connectivity index is 2.92. The largest absolute Gasteiger partial charge is 0.239 e. The fourth-order valence-electron chi connectivity index (χ4n) is 2.67. The second kappa shape index (κ2) is 6.78. The first-order valence-corrected chi connectivity index (χ1v) is 6.74. The van der Waals surface area contributed by atoms with Gasteiger partial charge in [0.2, 0.25) is 0 Å². The minimum absolute atomic E-state index is 1.09. The Morgan fingerprint density at radius 2 is 1.35 bits per heavy atom. The Labute approximate surface area is 142 Å². The number of alkyl halides is 2. The average Bonchev–Trinajstić information content (AvgIpc) is 2.63. The van der Waals surface area contributed by atoms with Crippen molar-refractivity contribution in [3.63, 3.8) is 0 Å². The van der Waals surface area contributed by atoms with E-state index >= 15 is 0 Å². The van der Waals surface area contributed by atoms with Crippen molar-refractivity contribution in [2.75, 3.05) is 0 Å². The first-order valence-electron chi connectivity index (χ1n) is 6.74. The molecule has 0 aromatic carbocycles. The van der Waals surface area contributed by atoms with Crippen LogP contribution in [-0.4, -0.2) is 12.3 Å². The maximum Gasteiger partial charge on any atom is 0.166 e. The van der Waals surface area contributed by atoms with E-state index in [-0.39, 0.29) is 0 Å². The van der Waals surface area contributed by atoms with Gasteiger partial charge in [0, 0.05) is 5.57 Å². The van der Waals surface area contributed by atoms with Crippen molar-refractivity contribution in [3.8, 4) is 24.3 Å². The first kappa shape index (κ1) is 18.8. The Morgan fingerprint density at radius 3 is 1.81 bits per heavy atom. The summed E-state index contributed by atoms with van der Waals surface area (Å²) in [6.07, 6.45) is -6.14. The van der Waals surface area contributed by atoms with Gasteiger partial charge in [-0.25, -0.2) is 26.3 Å². The Hall–Kier alpha value is -3.50. The molecule has 2 rings (SSSR count). The van der Waals surface area contributed by atoms with Crippen LogP contribution in [-0.2, 0) is 0 Å². The number of halogens is 6. The predicted molar refractivity (Wildman–Crippen MR) is 71.8 cm³/mol. The van der Waals surface area contributed by atoms with Crippen LogP contribution in [0.5, 0.6) is 0 Å². The lowest BCUT2D eigenvalue weighted by Gasteiger charge is -2.32. The molecular formula is C16H4F6N4. The maximum atomic E-state index is 14.5. The van der Waals surface area contributed by atoms with Crippen molar-refractivity contribution in [1.29, 1.82) is 21.0 Å². The Bertz CT molecular complexity index is 946. The van der Waals surface area contributed by atoms with E-state index in [2.05, 4.69) is 0 Å². The van der Waals surface area contributed by atoms with Gasteiger partial charge in [0.05, 0.1) is 29.2 Å². The van der Waals surface area contributed by atoms with Crippen molar-refractivity contribution < 1.29 is 26.3 Å². The molecule has 2 aliphatic rings. The van der Waals surface area contributed by atoms with E-state index in [9.17, 15) is 26.3 Å². The van der Waals surface area contributed by atoms with Gasteiger partial charge in [-0.3, -0.25) is 0 Å². The van der Waals surface area contributed by atoms with E-state index in [0.717, 1.165) is 12.1 Å². The molecule has 0 aromatic heterocycles. The Morgan fingerprint density at radius 1 is 0.808 bits per heavy atom. The summed E-state index contributed by atoms with van der Waals surface area (Å²) in [6.45, 7) is 0. The van der Waals surface area contributed by atoms with Crippen molar-refractivity contribution in [1.82, 2.24) is 0 Å². The number of allylic oxidation sites excluding steroid dienone is 8.